The van der Waals surface area contributed by atoms with E-state index in [0.717, 1.165) is 0 Å². The van der Waals surface area contributed by atoms with Crippen molar-refractivity contribution < 1.29 is 19.4 Å². The van der Waals surface area contributed by atoms with E-state index < -0.39 is 11.8 Å². The lowest BCUT2D eigenvalue weighted by Crippen LogP contribution is -2.14. The zero-order chi connectivity index (χ0) is 15.4. The quantitative estimate of drug-likeness (QED) is 0.678. The number of halogens is 1. The van der Waals surface area contributed by atoms with Gasteiger partial charge in [0.2, 0.25) is 5.78 Å². The monoisotopic (exact) mass is 349 g/mol. The number of esters is 1. The van der Waals surface area contributed by atoms with Gasteiger partial charge in [0.25, 0.3) is 0 Å². The molecule has 2 rings (SSSR count). The Morgan fingerprint density at radius 3 is 2.76 bits per heavy atom. The lowest BCUT2D eigenvalue weighted by molar-refractivity contribution is 0.0522. The van der Waals surface area contributed by atoms with Crippen LogP contribution >= 0.6 is 15.9 Å². The third-order valence-corrected chi connectivity index (χ3v) is 3.21. The first-order valence-electron chi connectivity index (χ1n) is 6.20. The Kier molecular flexibility index (Phi) is 4.70. The maximum absolute atomic E-state index is 12.5. The number of carbonyl (C=O) groups excluding carboxylic acids is 2. The third kappa shape index (κ3) is 3.28. The number of pyridine rings is 1. The van der Waals surface area contributed by atoms with Crippen LogP contribution in [0.3, 0.4) is 0 Å². The molecule has 2 aromatic rings. The number of hydrogen-bond donors (Lipinski definition) is 1. The van der Waals surface area contributed by atoms with Crippen LogP contribution in [-0.4, -0.2) is 28.4 Å². The molecule has 0 fully saturated rings. The lowest BCUT2D eigenvalue weighted by atomic mass is 10.0. The van der Waals surface area contributed by atoms with Crippen LogP contribution in [0.2, 0.25) is 0 Å². The van der Waals surface area contributed by atoms with Gasteiger partial charge in [-0.3, -0.25) is 9.78 Å². The molecule has 0 amide bonds. The first kappa shape index (κ1) is 15.2. The summed E-state index contributed by atoms with van der Waals surface area (Å²) in [4.78, 5) is 28.3. The molecule has 0 atom stereocenters. The molecule has 0 bridgehead atoms. The van der Waals surface area contributed by atoms with Gasteiger partial charge in [-0.25, -0.2) is 4.79 Å². The second-order valence-electron chi connectivity index (χ2n) is 4.11. The second kappa shape index (κ2) is 6.49. The fraction of sp³-hybridized carbons (Fsp3) is 0.133. The highest BCUT2D eigenvalue weighted by Crippen LogP contribution is 2.25. The number of aromatic nitrogens is 1. The second-order valence-corrected chi connectivity index (χ2v) is 5.03. The number of nitrogens with zero attached hydrogens (tertiary/aromatic N) is 1. The van der Waals surface area contributed by atoms with Crippen LogP contribution in [0.25, 0.3) is 0 Å². The Hall–Kier alpha value is -2.21. The number of carbonyl (C=O) groups is 2. The Morgan fingerprint density at radius 1 is 1.29 bits per heavy atom. The van der Waals surface area contributed by atoms with Gasteiger partial charge in [-0.05, 0) is 37.3 Å². The number of rotatable bonds is 4. The number of aromatic hydroxyl groups is 1. The zero-order valence-corrected chi connectivity index (χ0v) is 12.8. The van der Waals surface area contributed by atoms with Crippen molar-refractivity contribution in [3.05, 3.63) is 57.8 Å². The number of benzene rings is 1. The summed E-state index contributed by atoms with van der Waals surface area (Å²) in [5.74, 6) is -1.34. The Bertz CT molecular complexity index is 700. The number of ketones is 1. The van der Waals surface area contributed by atoms with Gasteiger partial charge in [0, 0.05) is 10.7 Å². The number of hydrogen-bond acceptors (Lipinski definition) is 5. The molecule has 0 aliphatic carbocycles. The van der Waals surface area contributed by atoms with Crippen LogP contribution in [0.4, 0.5) is 0 Å². The fourth-order valence-electron chi connectivity index (χ4n) is 1.78. The molecule has 0 spiro atoms. The number of ether oxygens (including phenoxy) is 1. The van der Waals surface area contributed by atoms with E-state index in [1.807, 2.05) is 0 Å². The number of phenols is 1. The summed E-state index contributed by atoms with van der Waals surface area (Å²) < 4.78 is 5.54. The molecule has 1 heterocycles. The smallest absolute Gasteiger partial charge is 0.340 e. The Balaban J connectivity index is 2.49. The molecule has 0 radical (unpaired) electrons. The summed E-state index contributed by atoms with van der Waals surface area (Å²) in [7, 11) is 0. The summed E-state index contributed by atoms with van der Waals surface area (Å²) >= 11 is 3.23. The highest BCUT2D eigenvalue weighted by atomic mass is 79.9. The molecular weight excluding hydrogens is 338 g/mol. The lowest BCUT2D eigenvalue weighted by Gasteiger charge is -2.08. The predicted molar refractivity (Wildman–Crippen MR) is 79.4 cm³/mol. The normalized spacial score (nSPS) is 10.2. The van der Waals surface area contributed by atoms with Gasteiger partial charge in [0.05, 0.1) is 17.7 Å². The van der Waals surface area contributed by atoms with E-state index in [2.05, 4.69) is 20.9 Å². The van der Waals surface area contributed by atoms with Crippen LogP contribution in [0.5, 0.6) is 5.75 Å². The molecular formula is C15H12BrNO4. The van der Waals surface area contributed by atoms with Crippen molar-refractivity contribution >= 4 is 27.7 Å². The van der Waals surface area contributed by atoms with Crippen LogP contribution in [0, 0.1) is 0 Å². The molecule has 1 aromatic heterocycles. The average molecular weight is 350 g/mol. The first-order valence-corrected chi connectivity index (χ1v) is 6.99. The predicted octanol–water partition coefficient (Wildman–Crippen LogP) is 2.96. The largest absolute Gasteiger partial charge is 0.507 e. The molecule has 0 saturated heterocycles. The molecule has 1 aromatic carbocycles. The van der Waals surface area contributed by atoms with Crippen molar-refractivity contribution in [2.24, 2.45) is 0 Å². The van der Waals surface area contributed by atoms with Gasteiger partial charge in [-0.1, -0.05) is 15.9 Å². The minimum Gasteiger partial charge on any atom is -0.507 e. The van der Waals surface area contributed by atoms with Gasteiger partial charge in [-0.2, -0.15) is 0 Å². The van der Waals surface area contributed by atoms with Crippen molar-refractivity contribution in [1.82, 2.24) is 4.98 Å². The minimum absolute atomic E-state index is 0.0515. The van der Waals surface area contributed by atoms with E-state index in [4.69, 9.17) is 4.74 Å². The van der Waals surface area contributed by atoms with E-state index in [-0.39, 0.29) is 29.2 Å². The minimum atomic E-state index is -0.622. The maximum Gasteiger partial charge on any atom is 0.340 e. The van der Waals surface area contributed by atoms with Crippen molar-refractivity contribution in [3.63, 3.8) is 0 Å². The molecule has 0 unspecified atom stereocenters. The van der Waals surface area contributed by atoms with Crippen LogP contribution in [-0.2, 0) is 4.74 Å². The average Bonchev–Trinajstić information content (AvgIpc) is 2.49. The van der Waals surface area contributed by atoms with Gasteiger partial charge < -0.3 is 9.84 Å². The van der Waals surface area contributed by atoms with E-state index in [1.165, 1.54) is 24.4 Å². The summed E-state index contributed by atoms with van der Waals surface area (Å²) in [6, 6.07) is 7.49. The third-order valence-electron chi connectivity index (χ3n) is 2.72. The van der Waals surface area contributed by atoms with E-state index >= 15 is 0 Å². The molecule has 0 aliphatic heterocycles. The molecule has 108 valence electrons. The van der Waals surface area contributed by atoms with E-state index in [0.29, 0.717) is 4.47 Å². The van der Waals surface area contributed by atoms with E-state index in [9.17, 15) is 14.7 Å². The molecule has 1 N–H and O–H groups in total. The summed E-state index contributed by atoms with van der Waals surface area (Å²) in [6.45, 7) is 1.87. The number of phenolic OH excluding ortho intramolecular Hbond substituents is 1. The Labute approximate surface area is 129 Å². The SMILES string of the molecule is CCOC(=O)c1cccnc1C(=O)c1cc(Br)ccc1O. The fourth-order valence-corrected chi connectivity index (χ4v) is 2.14. The standard InChI is InChI=1S/C15H12BrNO4/c1-2-21-15(20)10-4-3-7-17-13(10)14(19)11-8-9(16)5-6-12(11)18/h3-8,18H,2H2,1H3. The van der Waals surface area contributed by atoms with Crippen molar-refractivity contribution in [1.29, 1.82) is 0 Å². The van der Waals surface area contributed by atoms with Crippen molar-refractivity contribution in [2.75, 3.05) is 6.61 Å². The van der Waals surface area contributed by atoms with Gasteiger partial charge in [0.1, 0.15) is 11.4 Å². The van der Waals surface area contributed by atoms with Crippen molar-refractivity contribution in [2.45, 2.75) is 6.92 Å². The molecule has 5 nitrogen and oxygen atoms in total. The topological polar surface area (TPSA) is 76.5 Å². The van der Waals surface area contributed by atoms with Crippen LogP contribution in [0.15, 0.2) is 41.0 Å². The highest BCUT2D eigenvalue weighted by Gasteiger charge is 2.22. The van der Waals surface area contributed by atoms with E-state index in [1.54, 1.807) is 19.1 Å². The van der Waals surface area contributed by atoms with Crippen LogP contribution in [0.1, 0.15) is 33.3 Å². The van der Waals surface area contributed by atoms with Crippen molar-refractivity contribution in [3.8, 4) is 5.75 Å². The molecule has 21 heavy (non-hydrogen) atoms. The zero-order valence-electron chi connectivity index (χ0n) is 11.2. The van der Waals surface area contributed by atoms with Gasteiger partial charge in [-0.15, -0.1) is 0 Å². The summed E-state index contributed by atoms with van der Waals surface area (Å²) in [6.07, 6.45) is 1.41. The first-order chi connectivity index (χ1) is 10.0. The van der Waals surface area contributed by atoms with Crippen LogP contribution < -0.4 is 0 Å². The molecule has 6 heteroatoms. The Morgan fingerprint density at radius 2 is 2.05 bits per heavy atom. The summed E-state index contributed by atoms with van der Waals surface area (Å²) in [5.41, 5.74) is 0.0849. The van der Waals surface area contributed by atoms with Gasteiger partial charge in [0.15, 0.2) is 0 Å². The highest BCUT2D eigenvalue weighted by molar-refractivity contribution is 9.10. The maximum atomic E-state index is 12.5. The van der Waals surface area contributed by atoms with Gasteiger partial charge >= 0.3 is 5.97 Å². The molecule has 0 aliphatic rings. The summed E-state index contributed by atoms with van der Waals surface area (Å²) in [5, 5.41) is 9.81. The molecule has 0 saturated carbocycles.